The van der Waals surface area contributed by atoms with Gasteiger partial charge < -0.3 is 0 Å². The lowest BCUT2D eigenvalue weighted by Gasteiger charge is -2.03. The summed E-state index contributed by atoms with van der Waals surface area (Å²) < 4.78 is 3.71. The molecule has 0 saturated carbocycles. The maximum atomic E-state index is 6.04. The second-order valence-electron chi connectivity index (χ2n) is 4.00. The molecule has 0 bridgehead atoms. The number of fused-ring (bicyclic) bond motifs is 1. The van der Waals surface area contributed by atoms with Crippen LogP contribution in [-0.4, -0.2) is 19.3 Å². The molecule has 0 N–H and O–H groups in total. The highest BCUT2D eigenvalue weighted by atomic mass is 35.5. The molecular weight excluding hydrogens is 271 g/mol. The van der Waals surface area contributed by atoms with Crippen LogP contribution in [0.3, 0.4) is 0 Å². The molecule has 1 aromatic carbocycles. The van der Waals surface area contributed by atoms with Crippen molar-refractivity contribution in [3.05, 3.63) is 41.4 Å². The zero-order valence-electron chi connectivity index (χ0n) is 9.64. The number of aromatic nitrogens is 4. The van der Waals surface area contributed by atoms with Gasteiger partial charge in [-0.1, -0.05) is 11.6 Å². The molecule has 6 heteroatoms. The van der Waals surface area contributed by atoms with Gasteiger partial charge in [-0.05, 0) is 18.2 Å². The van der Waals surface area contributed by atoms with Gasteiger partial charge in [-0.15, -0.1) is 11.6 Å². The van der Waals surface area contributed by atoms with E-state index in [-0.39, 0.29) is 0 Å². The maximum Gasteiger partial charge on any atom is 0.129 e. The Bertz CT molecular complexity index is 714. The molecule has 0 fully saturated rings. The van der Waals surface area contributed by atoms with Crippen molar-refractivity contribution >= 4 is 34.2 Å². The first kappa shape index (κ1) is 11.6. The molecule has 18 heavy (non-hydrogen) atoms. The number of nitrogens with zero attached hydrogens (tertiary/aromatic N) is 4. The van der Waals surface area contributed by atoms with Crippen molar-refractivity contribution in [1.29, 1.82) is 0 Å². The first-order chi connectivity index (χ1) is 8.69. The van der Waals surface area contributed by atoms with Gasteiger partial charge in [-0.25, -0.2) is 4.98 Å². The fourth-order valence-corrected chi connectivity index (χ4v) is 2.35. The van der Waals surface area contributed by atoms with Gasteiger partial charge in [-0.2, -0.15) is 5.10 Å². The number of benzene rings is 1. The van der Waals surface area contributed by atoms with Crippen molar-refractivity contribution in [1.82, 2.24) is 19.3 Å². The lowest BCUT2D eigenvalue weighted by molar-refractivity contribution is 0.767. The fourth-order valence-electron chi connectivity index (χ4n) is 2.00. The van der Waals surface area contributed by atoms with E-state index < -0.39 is 0 Å². The van der Waals surface area contributed by atoms with Crippen LogP contribution in [0, 0.1) is 0 Å². The van der Waals surface area contributed by atoms with Crippen molar-refractivity contribution in [2.75, 3.05) is 0 Å². The number of alkyl halides is 1. The predicted molar refractivity (Wildman–Crippen MR) is 72.4 cm³/mol. The monoisotopic (exact) mass is 280 g/mol. The van der Waals surface area contributed by atoms with E-state index >= 15 is 0 Å². The quantitative estimate of drug-likeness (QED) is 0.676. The SMILES string of the molecule is Cn1cc(-n2c(CCl)nc3ccc(Cl)cc32)cn1. The van der Waals surface area contributed by atoms with Gasteiger partial charge in [-0.3, -0.25) is 9.25 Å². The molecule has 4 nitrogen and oxygen atoms in total. The molecule has 0 atom stereocenters. The second-order valence-corrected chi connectivity index (χ2v) is 4.71. The van der Waals surface area contributed by atoms with Gasteiger partial charge in [0.25, 0.3) is 0 Å². The van der Waals surface area contributed by atoms with Gasteiger partial charge in [0, 0.05) is 18.3 Å². The zero-order chi connectivity index (χ0) is 12.7. The third-order valence-corrected chi connectivity index (χ3v) is 3.23. The minimum atomic E-state index is 0.335. The minimum absolute atomic E-state index is 0.335. The summed E-state index contributed by atoms with van der Waals surface area (Å²) in [6.45, 7) is 0. The summed E-state index contributed by atoms with van der Waals surface area (Å²) in [4.78, 5) is 4.49. The van der Waals surface area contributed by atoms with E-state index in [1.54, 1.807) is 10.9 Å². The highest BCUT2D eigenvalue weighted by Gasteiger charge is 2.13. The average molecular weight is 281 g/mol. The number of hydrogen-bond acceptors (Lipinski definition) is 2. The summed E-state index contributed by atoms with van der Waals surface area (Å²) in [6.07, 6.45) is 3.69. The minimum Gasteiger partial charge on any atom is -0.292 e. The molecule has 0 aliphatic rings. The van der Waals surface area contributed by atoms with E-state index in [9.17, 15) is 0 Å². The van der Waals surface area contributed by atoms with E-state index in [4.69, 9.17) is 23.2 Å². The van der Waals surface area contributed by atoms with Gasteiger partial charge in [0.15, 0.2) is 0 Å². The normalized spacial score (nSPS) is 11.3. The Hall–Kier alpha value is -1.52. The zero-order valence-corrected chi connectivity index (χ0v) is 11.2. The molecule has 0 aliphatic heterocycles. The molecule has 0 unspecified atom stereocenters. The predicted octanol–water partition coefficient (Wildman–Crippen LogP) is 3.15. The summed E-state index contributed by atoms with van der Waals surface area (Å²) in [5.41, 5.74) is 2.74. The van der Waals surface area contributed by atoms with Crippen molar-refractivity contribution in [3.8, 4) is 5.69 Å². The molecule has 3 aromatic rings. The van der Waals surface area contributed by atoms with E-state index in [0.717, 1.165) is 22.5 Å². The Morgan fingerprint density at radius 3 is 2.83 bits per heavy atom. The fraction of sp³-hybridized carbons (Fsp3) is 0.167. The average Bonchev–Trinajstić information content (AvgIpc) is 2.91. The van der Waals surface area contributed by atoms with Crippen LogP contribution in [0.2, 0.25) is 5.02 Å². The molecule has 0 saturated heterocycles. The van der Waals surface area contributed by atoms with Crippen LogP contribution in [0.15, 0.2) is 30.6 Å². The third kappa shape index (κ3) is 1.78. The third-order valence-electron chi connectivity index (χ3n) is 2.75. The van der Waals surface area contributed by atoms with Crippen LogP contribution >= 0.6 is 23.2 Å². The van der Waals surface area contributed by atoms with Crippen LogP contribution in [-0.2, 0) is 12.9 Å². The summed E-state index contributed by atoms with van der Waals surface area (Å²) >= 11 is 12.0. The topological polar surface area (TPSA) is 35.6 Å². The molecule has 0 spiro atoms. The molecule has 0 amide bonds. The first-order valence-corrected chi connectivity index (χ1v) is 6.32. The standard InChI is InChI=1S/C12H10Cl2N4/c1-17-7-9(6-15-17)18-11-4-8(14)2-3-10(11)16-12(18)5-13/h2-4,6-7H,5H2,1H3. The Kier molecular flexibility index (Phi) is 2.76. The Morgan fingerprint density at radius 1 is 1.33 bits per heavy atom. The largest absolute Gasteiger partial charge is 0.292 e. The summed E-state index contributed by atoms with van der Waals surface area (Å²) in [5.74, 6) is 1.11. The van der Waals surface area contributed by atoms with Gasteiger partial charge in [0.2, 0.25) is 0 Å². The van der Waals surface area contributed by atoms with E-state index in [1.807, 2.05) is 36.0 Å². The van der Waals surface area contributed by atoms with Crippen molar-refractivity contribution in [3.63, 3.8) is 0 Å². The smallest absolute Gasteiger partial charge is 0.129 e. The first-order valence-electron chi connectivity index (χ1n) is 5.41. The summed E-state index contributed by atoms with van der Waals surface area (Å²) in [5, 5.41) is 4.84. The lowest BCUT2D eigenvalue weighted by Crippen LogP contribution is -1.98. The highest BCUT2D eigenvalue weighted by Crippen LogP contribution is 2.25. The Balaban J connectivity index is 2.34. The molecule has 3 rings (SSSR count). The number of rotatable bonds is 2. The van der Waals surface area contributed by atoms with Crippen LogP contribution < -0.4 is 0 Å². The summed E-state index contributed by atoms with van der Waals surface area (Å²) in [7, 11) is 1.87. The van der Waals surface area contributed by atoms with Crippen LogP contribution in [0.1, 0.15) is 5.82 Å². The molecular formula is C12H10Cl2N4. The van der Waals surface area contributed by atoms with Gasteiger partial charge in [0.1, 0.15) is 5.82 Å². The van der Waals surface area contributed by atoms with Gasteiger partial charge >= 0.3 is 0 Å². The van der Waals surface area contributed by atoms with Gasteiger partial charge in [0.05, 0.1) is 28.8 Å². The molecule has 92 valence electrons. The van der Waals surface area contributed by atoms with E-state index in [2.05, 4.69) is 10.1 Å². The van der Waals surface area contributed by atoms with Crippen molar-refractivity contribution in [2.24, 2.45) is 7.05 Å². The maximum absolute atomic E-state index is 6.04. The number of halogens is 2. The Labute approximate surface area is 114 Å². The Morgan fingerprint density at radius 2 is 2.17 bits per heavy atom. The van der Waals surface area contributed by atoms with Crippen LogP contribution in [0.5, 0.6) is 0 Å². The number of imidazole rings is 1. The molecule has 0 radical (unpaired) electrons. The molecule has 0 aliphatic carbocycles. The van der Waals surface area contributed by atoms with E-state index in [0.29, 0.717) is 10.9 Å². The van der Waals surface area contributed by atoms with Crippen LogP contribution in [0.25, 0.3) is 16.7 Å². The number of hydrogen-bond donors (Lipinski definition) is 0. The van der Waals surface area contributed by atoms with E-state index in [1.165, 1.54) is 0 Å². The van der Waals surface area contributed by atoms with Crippen molar-refractivity contribution < 1.29 is 0 Å². The second kappa shape index (κ2) is 4.30. The van der Waals surface area contributed by atoms with Crippen LogP contribution in [0.4, 0.5) is 0 Å². The molecule has 2 heterocycles. The molecule has 2 aromatic heterocycles. The highest BCUT2D eigenvalue weighted by molar-refractivity contribution is 6.31. The summed E-state index contributed by atoms with van der Waals surface area (Å²) in [6, 6.07) is 5.59. The van der Waals surface area contributed by atoms with Crippen molar-refractivity contribution in [2.45, 2.75) is 5.88 Å². The number of aryl methyl sites for hydroxylation is 1. The lowest BCUT2D eigenvalue weighted by atomic mass is 10.3.